The predicted octanol–water partition coefficient (Wildman–Crippen LogP) is 0.532. The van der Waals surface area contributed by atoms with Crippen molar-refractivity contribution in [2.45, 2.75) is 18.3 Å². The van der Waals surface area contributed by atoms with E-state index >= 15 is 0 Å². The van der Waals surface area contributed by atoms with Gasteiger partial charge in [-0.3, -0.25) is 14.5 Å². The van der Waals surface area contributed by atoms with Gasteiger partial charge in [0, 0.05) is 37.4 Å². The summed E-state index contributed by atoms with van der Waals surface area (Å²) in [6.07, 6.45) is 0. The van der Waals surface area contributed by atoms with E-state index < -0.39 is 21.3 Å². The highest BCUT2D eigenvalue weighted by molar-refractivity contribution is 7.91. The lowest BCUT2D eigenvalue weighted by Gasteiger charge is -2.36. The van der Waals surface area contributed by atoms with Crippen molar-refractivity contribution < 1.29 is 18.0 Å². The third kappa shape index (κ3) is 5.21. The number of halogens is 1. The van der Waals surface area contributed by atoms with Crippen LogP contribution in [-0.4, -0.2) is 80.7 Å². The van der Waals surface area contributed by atoms with Crippen molar-refractivity contribution in [3.05, 3.63) is 29.8 Å². The van der Waals surface area contributed by atoms with Gasteiger partial charge in [0.1, 0.15) is 0 Å². The van der Waals surface area contributed by atoms with Crippen molar-refractivity contribution in [3.63, 3.8) is 0 Å². The Balaban J connectivity index is 1.46. The first-order valence-electron chi connectivity index (χ1n) is 8.96. The summed E-state index contributed by atoms with van der Waals surface area (Å²) in [4.78, 5) is 27.8. The van der Waals surface area contributed by atoms with E-state index in [0.717, 1.165) is 31.9 Å². The van der Waals surface area contributed by atoms with Crippen LogP contribution in [0.2, 0.25) is 0 Å². The van der Waals surface area contributed by atoms with Gasteiger partial charge in [0.25, 0.3) is 0 Å². The first-order valence-corrected chi connectivity index (χ1v) is 11.2. The molecule has 2 fully saturated rings. The first-order chi connectivity index (χ1) is 12.7. The average molecular weight is 414 g/mol. The lowest BCUT2D eigenvalue weighted by atomic mass is 10.1. The van der Waals surface area contributed by atoms with Crippen molar-refractivity contribution in [2.75, 3.05) is 49.1 Å². The van der Waals surface area contributed by atoms with Crippen LogP contribution < -0.4 is 10.2 Å². The van der Waals surface area contributed by atoms with Crippen LogP contribution >= 0.6 is 11.6 Å². The Hall–Kier alpha value is -1.64. The number of hydrogen-bond donors (Lipinski definition) is 1. The lowest BCUT2D eigenvalue weighted by Crippen LogP contribution is -2.51. The fourth-order valence-corrected chi connectivity index (χ4v) is 6.01. The predicted molar refractivity (Wildman–Crippen MR) is 105 cm³/mol. The topological polar surface area (TPSA) is 86.8 Å². The van der Waals surface area contributed by atoms with Crippen LogP contribution in [0.15, 0.2) is 24.3 Å². The summed E-state index contributed by atoms with van der Waals surface area (Å²) in [6.45, 7) is 4.80. The van der Waals surface area contributed by atoms with Crippen molar-refractivity contribution >= 4 is 38.8 Å². The molecule has 1 aromatic rings. The molecule has 0 aromatic heterocycles. The van der Waals surface area contributed by atoms with Crippen LogP contribution in [0, 0.1) is 0 Å². The second-order valence-electron chi connectivity index (χ2n) is 7.13. The minimum absolute atomic E-state index is 0.0478. The molecule has 7 nitrogen and oxygen atoms in total. The number of amides is 1. The van der Waals surface area contributed by atoms with Crippen molar-refractivity contribution in [2.24, 2.45) is 0 Å². The molecule has 0 radical (unpaired) electrons. The van der Waals surface area contributed by atoms with Gasteiger partial charge in [-0.1, -0.05) is 0 Å². The number of piperazine rings is 1. The van der Waals surface area contributed by atoms with Crippen LogP contribution in [0.5, 0.6) is 0 Å². The second-order valence-corrected chi connectivity index (χ2v) is 9.85. The molecule has 2 aliphatic rings. The van der Waals surface area contributed by atoms with Crippen LogP contribution in [0.25, 0.3) is 0 Å². The normalized spacial score (nSPS) is 25.3. The number of sulfone groups is 1. The number of anilines is 1. The Morgan fingerprint density at radius 2 is 1.74 bits per heavy atom. The Morgan fingerprint density at radius 3 is 2.26 bits per heavy atom. The maximum Gasteiger partial charge on any atom is 0.234 e. The molecule has 0 saturated carbocycles. The lowest BCUT2D eigenvalue weighted by molar-refractivity contribution is -0.122. The summed E-state index contributed by atoms with van der Waals surface area (Å²) in [7, 11) is -3.16. The quantitative estimate of drug-likeness (QED) is 0.559. The summed E-state index contributed by atoms with van der Waals surface area (Å²) < 4.78 is 23.2. The van der Waals surface area contributed by atoms with E-state index in [9.17, 15) is 18.0 Å². The van der Waals surface area contributed by atoms with Crippen molar-refractivity contribution in [1.29, 1.82) is 0 Å². The number of carbonyl (C=O) groups is 2. The molecule has 1 aromatic carbocycles. The average Bonchev–Trinajstić information content (AvgIpc) is 2.87. The Labute approximate surface area is 164 Å². The number of alkyl halides is 1. The third-order valence-electron chi connectivity index (χ3n) is 5.01. The smallest absolute Gasteiger partial charge is 0.234 e. The van der Waals surface area contributed by atoms with Gasteiger partial charge in [-0.2, -0.15) is 0 Å². The van der Waals surface area contributed by atoms with E-state index in [1.54, 1.807) is 6.92 Å². The van der Waals surface area contributed by atoms with E-state index in [-0.39, 0.29) is 29.7 Å². The number of nitrogens with one attached hydrogen (secondary N) is 1. The SMILES string of the molecule is CC(=O)c1ccc(N2CCN(CC(=O)N[C@H]3CS(=O)(=O)C[C@H]3Cl)CC2)cc1. The van der Waals surface area contributed by atoms with Gasteiger partial charge < -0.3 is 10.2 Å². The number of rotatable bonds is 5. The Morgan fingerprint density at radius 1 is 1.11 bits per heavy atom. The number of benzene rings is 1. The molecule has 0 aliphatic carbocycles. The van der Waals surface area contributed by atoms with Crippen LogP contribution in [0.4, 0.5) is 5.69 Å². The van der Waals surface area contributed by atoms with Gasteiger partial charge in [-0.15, -0.1) is 11.6 Å². The number of carbonyl (C=O) groups excluding carboxylic acids is 2. The molecular formula is C18H24ClN3O4S. The number of Topliss-reactive ketones (excluding diaryl/α,β-unsaturated/α-hetero) is 1. The molecule has 148 valence electrons. The molecular weight excluding hydrogens is 390 g/mol. The Kier molecular flexibility index (Phi) is 6.08. The zero-order chi connectivity index (χ0) is 19.6. The van der Waals surface area contributed by atoms with Gasteiger partial charge in [0.15, 0.2) is 15.6 Å². The first kappa shape index (κ1) is 20.1. The summed E-state index contributed by atoms with van der Waals surface area (Å²) in [5.74, 6) is -0.314. The van der Waals surface area contributed by atoms with Gasteiger partial charge in [-0.25, -0.2) is 8.42 Å². The molecule has 0 unspecified atom stereocenters. The van der Waals surface area contributed by atoms with Crippen molar-refractivity contribution in [1.82, 2.24) is 10.2 Å². The molecule has 2 heterocycles. The maximum absolute atomic E-state index is 12.2. The summed E-state index contributed by atoms with van der Waals surface area (Å²) >= 11 is 6.03. The zero-order valence-electron chi connectivity index (χ0n) is 15.2. The number of nitrogens with zero attached hydrogens (tertiary/aromatic N) is 2. The van der Waals surface area contributed by atoms with Crippen LogP contribution in [-0.2, 0) is 14.6 Å². The fraction of sp³-hybridized carbons (Fsp3) is 0.556. The molecule has 1 N–H and O–H groups in total. The van der Waals surface area contributed by atoms with E-state index in [1.165, 1.54) is 0 Å². The second kappa shape index (κ2) is 8.16. The van der Waals surface area contributed by atoms with Crippen molar-refractivity contribution in [3.8, 4) is 0 Å². The third-order valence-corrected chi connectivity index (χ3v) is 7.38. The Bertz CT molecular complexity index is 804. The number of ketones is 1. The fourth-order valence-electron chi connectivity index (χ4n) is 3.46. The molecule has 0 spiro atoms. The van der Waals surface area contributed by atoms with Gasteiger partial charge in [0.05, 0.1) is 29.5 Å². The molecule has 9 heteroatoms. The molecule has 27 heavy (non-hydrogen) atoms. The van der Waals surface area contributed by atoms with Crippen LogP contribution in [0.3, 0.4) is 0 Å². The standard InChI is InChI=1S/C18H24ClN3O4S/c1-13(23)14-2-4-15(5-3-14)22-8-6-21(7-9-22)10-18(24)20-17-12-27(25,26)11-16(17)19/h2-5,16-17H,6-12H2,1H3,(H,20,24)/t16-,17+/m1/s1. The molecule has 3 rings (SSSR count). The highest BCUT2D eigenvalue weighted by Crippen LogP contribution is 2.19. The van der Waals surface area contributed by atoms with Crippen LogP contribution in [0.1, 0.15) is 17.3 Å². The summed E-state index contributed by atoms with van der Waals surface area (Å²) in [6, 6.07) is 7.04. The van der Waals surface area contributed by atoms with E-state index in [0.29, 0.717) is 5.56 Å². The van der Waals surface area contributed by atoms with E-state index in [4.69, 9.17) is 11.6 Å². The summed E-state index contributed by atoms with van der Waals surface area (Å²) in [5.41, 5.74) is 1.76. The molecule has 2 aliphatic heterocycles. The molecule has 2 saturated heterocycles. The van der Waals surface area contributed by atoms with Gasteiger partial charge >= 0.3 is 0 Å². The minimum Gasteiger partial charge on any atom is -0.369 e. The minimum atomic E-state index is -3.16. The number of hydrogen-bond acceptors (Lipinski definition) is 6. The largest absolute Gasteiger partial charge is 0.369 e. The molecule has 1 amide bonds. The highest BCUT2D eigenvalue weighted by Gasteiger charge is 2.37. The summed E-state index contributed by atoms with van der Waals surface area (Å²) in [5, 5.41) is 2.19. The monoisotopic (exact) mass is 413 g/mol. The zero-order valence-corrected chi connectivity index (χ0v) is 16.8. The van der Waals surface area contributed by atoms with Gasteiger partial charge in [0.2, 0.25) is 5.91 Å². The van der Waals surface area contributed by atoms with E-state index in [2.05, 4.69) is 10.2 Å². The van der Waals surface area contributed by atoms with E-state index in [1.807, 2.05) is 29.2 Å². The highest BCUT2D eigenvalue weighted by atomic mass is 35.5. The van der Waals surface area contributed by atoms with Gasteiger partial charge in [-0.05, 0) is 31.2 Å². The molecule has 2 atom stereocenters. The maximum atomic E-state index is 12.2. The molecule has 0 bridgehead atoms.